The van der Waals surface area contributed by atoms with Crippen molar-refractivity contribution < 1.29 is 27.8 Å². The molecule has 0 radical (unpaired) electrons. The van der Waals surface area contributed by atoms with Gasteiger partial charge < -0.3 is 9.84 Å². The van der Waals surface area contributed by atoms with E-state index in [1.165, 1.54) is 36.4 Å². The van der Waals surface area contributed by atoms with Gasteiger partial charge in [0.05, 0.1) is 16.6 Å². The van der Waals surface area contributed by atoms with E-state index in [1.807, 2.05) is 13.8 Å². The zero-order valence-corrected chi connectivity index (χ0v) is 13.9. The number of carbonyl (C=O) groups is 1. The Bertz CT molecular complexity index is 960. The fourth-order valence-corrected chi connectivity index (χ4v) is 2.69. The van der Waals surface area contributed by atoms with Gasteiger partial charge in [0.1, 0.15) is 11.6 Å². The van der Waals surface area contributed by atoms with Gasteiger partial charge in [-0.15, -0.1) is 13.2 Å². The lowest BCUT2D eigenvalue weighted by Gasteiger charge is -2.13. The quantitative estimate of drug-likeness (QED) is 0.726. The lowest BCUT2D eigenvalue weighted by Crippen LogP contribution is -2.17. The van der Waals surface area contributed by atoms with Crippen molar-refractivity contribution in [1.82, 2.24) is 9.55 Å². The number of nitrogens with zero attached hydrogens (tertiary/aromatic N) is 2. The number of hydrogen-bond donors (Lipinski definition) is 1. The molecule has 0 unspecified atom stereocenters. The normalized spacial score (nSPS) is 11.9. The van der Waals surface area contributed by atoms with Crippen molar-refractivity contribution in [2.75, 3.05) is 0 Å². The van der Waals surface area contributed by atoms with Crippen molar-refractivity contribution in [2.45, 2.75) is 26.1 Å². The van der Waals surface area contributed by atoms with E-state index in [1.54, 1.807) is 10.6 Å². The van der Waals surface area contributed by atoms with Crippen LogP contribution in [0.1, 0.15) is 35.9 Å². The van der Waals surface area contributed by atoms with Gasteiger partial charge in [0.15, 0.2) is 0 Å². The Kier molecular flexibility index (Phi) is 4.35. The molecule has 136 valence electrons. The molecule has 1 N–H and O–H groups in total. The first kappa shape index (κ1) is 17.8. The van der Waals surface area contributed by atoms with E-state index in [-0.39, 0.29) is 17.2 Å². The number of carboxylic acids is 1. The highest BCUT2D eigenvalue weighted by molar-refractivity contribution is 5.92. The third-order valence-corrected chi connectivity index (χ3v) is 3.77. The van der Waals surface area contributed by atoms with Gasteiger partial charge >= 0.3 is 12.3 Å². The first-order valence-electron chi connectivity index (χ1n) is 7.77. The van der Waals surface area contributed by atoms with Crippen LogP contribution in [-0.2, 0) is 0 Å². The number of aromatic nitrogens is 2. The van der Waals surface area contributed by atoms with Crippen molar-refractivity contribution in [2.24, 2.45) is 0 Å². The van der Waals surface area contributed by atoms with Gasteiger partial charge in [-0.3, -0.25) is 4.57 Å². The van der Waals surface area contributed by atoms with Gasteiger partial charge in [-0.1, -0.05) is 13.8 Å². The Labute approximate surface area is 146 Å². The SMILES string of the molecule is CC(C)c1nc2cc(C(=O)O)ccc2n1-c1ccc(OC(F)(F)F)cc1. The molecule has 0 fully saturated rings. The van der Waals surface area contributed by atoms with Crippen LogP contribution < -0.4 is 4.74 Å². The van der Waals surface area contributed by atoms with E-state index in [4.69, 9.17) is 5.11 Å². The minimum absolute atomic E-state index is 0.0155. The second kappa shape index (κ2) is 6.36. The molecule has 0 spiro atoms. The summed E-state index contributed by atoms with van der Waals surface area (Å²) in [6.07, 6.45) is -4.75. The second-order valence-corrected chi connectivity index (χ2v) is 6.01. The van der Waals surface area contributed by atoms with E-state index in [9.17, 15) is 18.0 Å². The molecule has 8 heteroatoms. The maximum Gasteiger partial charge on any atom is 0.573 e. The molecule has 0 bridgehead atoms. The van der Waals surface area contributed by atoms with Crippen LogP contribution in [0.15, 0.2) is 42.5 Å². The summed E-state index contributed by atoms with van der Waals surface area (Å²) in [7, 11) is 0. The largest absolute Gasteiger partial charge is 0.573 e. The van der Waals surface area contributed by atoms with Crippen molar-refractivity contribution in [3.63, 3.8) is 0 Å². The van der Waals surface area contributed by atoms with Crippen molar-refractivity contribution in [1.29, 1.82) is 0 Å². The van der Waals surface area contributed by atoms with Gasteiger partial charge in [0.2, 0.25) is 0 Å². The number of halogens is 3. The zero-order chi connectivity index (χ0) is 19.1. The summed E-state index contributed by atoms with van der Waals surface area (Å²) in [4.78, 5) is 15.7. The molecule has 1 aromatic heterocycles. The van der Waals surface area contributed by atoms with Crippen LogP contribution in [0.5, 0.6) is 5.75 Å². The van der Waals surface area contributed by atoms with Crippen molar-refractivity contribution in [3.8, 4) is 11.4 Å². The fraction of sp³-hybridized carbons (Fsp3) is 0.222. The number of rotatable bonds is 4. The lowest BCUT2D eigenvalue weighted by molar-refractivity contribution is -0.274. The molecule has 0 saturated heterocycles. The predicted octanol–water partition coefficient (Wildman–Crippen LogP) is 4.75. The number of ether oxygens (including phenoxy) is 1. The van der Waals surface area contributed by atoms with Crippen molar-refractivity contribution in [3.05, 3.63) is 53.9 Å². The van der Waals surface area contributed by atoms with Crippen LogP contribution in [0.25, 0.3) is 16.7 Å². The van der Waals surface area contributed by atoms with Crippen LogP contribution in [0, 0.1) is 0 Å². The molecular formula is C18H15F3N2O3. The molecule has 1 heterocycles. The molecular weight excluding hydrogens is 349 g/mol. The van der Waals surface area contributed by atoms with Gasteiger partial charge in [-0.2, -0.15) is 0 Å². The molecule has 0 aliphatic carbocycles. The molecule has 5 nitrogen and oxygen atoms in total. The second-order valence-electron chi connectivity index (χ2n) is 6.01. The summed E-state index contributed by atoms with van der Waals surface area (Å²) < 4.78 is 42.6. The molecule has 0 aliphatic rings. The van der Waals surface area contributed by atoms with Gasteiger partial charge in [0, 0.05) is 11.6 Å². The molecule has 0 saturated carbocycles. The van der Waals surface area contributed by atoms with Crippen LogP contribution in [0.2, 0.25) is 0 Å². The highest BCUT2D eigenvalue weighted by atomic mass is 19.4. The van der Waals surface area contributed by atoms with Gasteiger partial charge in [-0.05, 0) is 42.5 Å². The predicted molar refractivity (Wildman–Crippen MR) is 88.8 cm³/mol. The molecule has 0 amide bonds. The number of hydrogen-bond acceptors (Lipinski definition) is 3. The Hall–Kier alpha value is -3.03. The molecule has 0 atom stereocenters. The summed E-state index contributed by atoms with van der Waals surface area (Å²) in [6, 6.07) is 10.0. The number of aromatic carboxylic acids is 1. The first-order chi connectivity index (χ1) is 12.2. The number of benzene rings is 2. The molecule has 0 aliphatic heterocycles. The summed E-state index contributed by atoms with van der Waals surface area (Å²) in [6.45, 7) is 3.86. The highest BCUT2D eigenvalue weighted by Crippen LogP contribution is 2.29. The first-order valence-corrected chi connectivity index (χ1v) is 7.77. The van der Waals surface area contributed by atoms with E-state index in [0.717, 1.165) is 0 Å². The Balaban J connectivity index is 2.11. The van der Waals surface area contributed by atoms with Gasteiger partial charge in [-0.25, -0.2) is 9.78 Å². The maximum atomic E-state index is 12.3. The average Bonchev–Trinajstić information content (AvgIpc) is 2.93. The molecule has 3 rings (SSSR count). The summed E-state index contributed by atoms with van der Waals surface area (Å²) in [5.41, 5.74) is 1.90. The van der Waals surface area contributed by atoms with Crippen LogP contribution in [-0.4, -0.2) is 27.0 Å². The van der Waals surface area contributed by atoms with E-state index in [0.29, 0.717) is 22.5 Å². The zero-order valence-electron chi connectivity index (χ0n) is 13.9. The van der Waals surface area contributed by atoms with E-state index < -0.39 is 12.3 Å². The third-order valence-electron chi connectivity index (χ3n) is 3.77. The van der Waals surface area contributed by atoms with Crippen molar-refractivity contribution >= 4 is 17.0 Å². The number of fused-ring (bicyclic) bond motifs is 1. The summed E-state index contributed by atoms with van der Waals surface area (Å²) >= 11 is 0. The molecule has 3 aromatic rings. The summed E-state index contributed by atoms with van der Waals surface area (Å²) in [5, 5.41) is 9.13. The van der Waals surface area contributed by atoms with Crippen LogP contribution >= 0.6 is 0 Å². The standard InChI is InChI=1S/C18H15F3N2O3/c1-10(2)16-22-14-9-11(17(24)25)3-8-15(14)23(16)12-4-6-13(7-5-12)26-18(19,20)21/h3-10H,1-2H3,(H,24,25). The Morgan fingerprint density at radius 2 is 1.81 bits per heavy atom. The molecule has 26 heavy (non-hydrogen) atoms. The van der Waals surface area contributed by atoms with Crippen LogP contribution in [0.4, 0.5) is 13.2 Å². The Morgan fingerprint density at radius 1 is 1.15 bits per heavy atom. The minimum atomic E-state index is -4.75. The number of imidazole rings is 1. The lowest BCUT2D eigenvalue weighted by atomic mass is 10.2. The fourth-order valence-electron chi connectivity index (χ4n) is 2.69. The Morgan fingerprint density at radius 3 is 2.35 bits per heavy atom. The highest BCUT2D eigenvalue weighted by Gasteiger charge is 2.31. The number of alkyl halides is 3. The van der Waals surface area contributed by atoms with Crippen LogP contribution in [0.3, 0.4) is 0 Å². The minimum Gasteiger partial charge on any atom is -0.478 e. The third kappa shape index (κ3) is 3.49. The van der Waals surface area contributed by atoms with E-state index in [2.05, 4.69) is 9.72 Å². The maximum absolute atomic E-state index is 12.3. The topological polar surface area (TPSA) is 64.3 Å². The van der Waals surface area contributed by atoms with Gasteiger partial charge in [0.25, 0.3) is 0 Å². The smallest absolute Gasteiger partial charge is 0.478 e. The average molecular weight is 364 g/mol. The van der Waals surface area contributed by atoms with E-state index >= 15 is 0 Å². The molecule has 2 aromatic carbocycles. The summed E-state index contributed by atoms with van der Waals surface area (Å²) in [5.74, 6) is -0.681. The number of carboxylic acid groups (broad SMARTS) is 1. The monoisotopic (exact) mass is 364 g/mol.